The third kappa shape index (κ3) is 3.86. The summed E-state index contributed by atoms with van der Waals surface area (Å²) >= 11 is 1.17. The number of carbonyl (C=O) groups is 4. The molecule has 2 amide bonds. The van der Waals surface area contributed by atoms with Crippen molar-refractivity contribution in [2.45, 2.75) is 30.6 Å². The number of aromatic nitrogens is 4. The largest absolute Gasteiger partial charge is 0.491 e. The summed E-state index contributed by atoms with van der Waals surface area (Å²) in [6.07, 6.45) is -3.80. The van der Waals surface area contributed by atoms with Gasteiger partial charge in [0, 0.05) is 17.9 Å². The first-order chi connectivity index (χ1) is 15.1. The van der Waals surface area contributed by atoms with Gasteiger partial charge in [0.05, 0.1) is 6.54 Å². The molecule has 3 aliphatic rings. The number of nitrogens with one attached hydrogen (secondary N) is 1. The Hall–Kier alpha value is -3.27. The number of rotatable bonds is 4. The summed E-state index contributed by atoms with van der Waals surface area (Å²) in [6.45, 7) is 0.388. The van der Waals surface area contributed by atoms with E-state index in [4.69, 9.17) is 5.73 Å². The molecule has 2 saturated heterocycles. The molecule has 0 spiro atoms. The highest BCUT2D eigenvalue weighted by molar-refractivity contribution is 8.00. The fourth-order valence-corrected chi connectivity index (χ4v) is 4.66. The average molecular weight is 473 g/mol. The van der Waals surface area contributed by atoms with Crippen LogP contribution in [0.15, 0.2) is 22.9 Å². The molecule has 0 unspecified atom stereocenters. The Labute approximate surface area is 181 Å². The molecule has 32 heavy (non-hydrogen) atoms. The number of alkyl halides is 3. The normalized spacial score (nSPS) is 24.7. The minimum Gasteiger partial charge on any atom is -0.382 e. The Morgan fingerprint density at radius 2 is 2.09 bits per heavy atom. The topological polar surface area (TPSA) is 164 Å². The maximum atomic E-state index is 12.7. The van der Waals surface area contributed by atoms with Gasteiger partial charge in [-0.05, 0) is 18.1 Å². The third-order valence-corrected chi connectivity index (χ3v) is 6.26. The van der Waals surface area contributed by atoms with Crippen molar-refractivity contribution in [2.24, 2.45) is 5.73 Å². The Morgan fingerprint density at radius 1 is 1.34 bits per heavy atom. The summed E-state index contributed by atoms with van der Waals surface area (Å²) in [5, 5.41) is 12.5. The van der Waals surface area contributed by atoms with Crippen molar-refractivity contribution in [1.29, 1.82) is 0 Å². The molecule has 3 N–H and O–H groups in total. The van der Waals surface area contributed by atoms with Crippen LogP contribution in [0.4, 0.5) is 13.2 Å². The monoisotopic (exact) mass is 473 g/mol. The zero-order valence-corrected chi connectivity index (χ0v) is 16.8. The van der Waals surface area contributed by atoms with Gasteiger partial charge in [-0.2, -0.15) is 18.4 Å². The van der Waals surface area contributed by atoms with Crippen molar-refractivity contribution in [1.82, 2.24) is 30.4 Å². The number of ether oxygens (including phenoxy) is 1. The number of hydrogen-bond donors (Lipinski definition) is 2. The summed E-state index contributed by atoms with van der Waals surface area (Å²) in [6, 6.07) is -0.950. The van der Waals surface area contributed by atoms with Gasteiger partial charge in [0.1, 0.15) is 17.1 Å². The highest BCUT2D eigenvalue weighted by Gasteiger charge is 2.53. The number of β-lactam (4-membered cyclic amide) rings is 1. The van der Waals surface area contributed by atoms with Crippen LogP contribution < -0.4 is 5.73 Å². The second kappa shape index (κ2) is 8.01. The highest BCUT2D eigenvalue weighted by Crippen LogP contribution is 2.41. The number of fused-ring (bicyclic) bond motifs is 1. The summed E-state index contributed by atoms with van der Waals surface area (Å²) in [5.41, 5.74) is 5.50. The molecule has 3 aliphatic heterocycles. The number of H-pyrrole nitrogens is 1. The van der Waals surface area contributed by atoms with Crippen molar-refractivity contribution in [3.63, 3.8) is 0 Å². The number of nitrogens with zero attached hydrogens (tertiary/aromatic N) is 5. The smallest absolute Gasteiger partial charge is 0.382 e. The number of amides is 2. The van der Waals surface area contributed by atoms with E-state index in [-0.39, 0.29) is 35.7 Å². The molecular weight excluding hydrogens is 459 g/mol. The maximum absolute atomic E-state index is 12.7. The van der Waals surface area contributed by atoms with E-state index in [1.54, 1.807) is 0 Å². The van der Waals surface area contributed by atoms with E-state index in [0.717, 1.165) is 4.90 Å². The quantitative estimate of drug-likeness (QED) is 0.239. The van der Waals surface area contributed by atoms with Crippen molar-refractivity contribution in [3.05, 3.63) is 28.7 Å². The lowest BCUT2D eigenvalue weighted by Crippen LogP contribution is -2.68. The molecule has 0 aliphatic carbocycles. The zero-order valence-electron chi connectivity index (χ0n) is 16.0. The van der Waals surface area contributed by atoms with Gasteiger partial charge in [-0.1, -0.05) is 5.21 Å². The molecule has 0 aromatic carbocycles. The minimum absolute atomic E-state index is 0.0639. The van der Waals surface area contributed by atoms with Gasteiger partial charge in [0.25, 0.3) is 0 Å². The molecule has 12 nitrogen and oxygen atoms in total. The molecule has 16 heteroatoms. The van der Waals surface area contributed by atoms with Crippen LogP contribution in [0, 0.1) is 0 Å². The number of hydrogen-bond acceptors (Lipinski definition) is 10. The average Bonchev–Trinajstić information content (AvgIpc) is 3.37. The van der Waals surface area contributed by atoms with Crippen LogP contribution in [-0.2, 0) is 30.5 Å². The number of likely N-dealkylation sites (tertiary alicyclic amines) is 1. The Bertz CT molecular complexity index is 1050. The van der Waals surface area contributed by atoms with Crippen molar-refractivity contribution in [3.8, 4) is 0 Å². The first kappa shape index (κ1) is 21.9. The lowest BCUT2D eigenvalue weighted by molar-refractivity contribution is -0.201. The number of tetrazole rings is 1. The van der Waals surface area contributed by atoms with E-state index < -0.39 is 47.0 Å². The van der Waals surface area contributed by atoms with Crippen LogP contribution in [-0.4, -0.2) is 84.1 Å². The predicted octanol–water partition coefficient (Wildman–Crippen LogP) is -1.01. The van der Waals surface area contributed by atoms with Gasteiger partial charge in [0.2, 0.25) is 11.8 Å². The summed E-state index contributed by atoms with van der Waals surface area (Å²) < 4.78 is 41.6. The van der Waals surface area contributed by atoms with Crippen LogP contribution in [0.1, 0.15) is 12.2 Å². The van der Waals surface area contributed by atoms with Crippen LogP contribution in [0.2, 0.25) is 0 Å². The van der Waals surface area contributed by atoms with Gasteiger partial charge in [-0.25, -0.2) is 9.59 Å². The lowest BCUT2D eigenvalue weighted by Gasteiger charge is -2.48. The first-order valence-electron chi connectivity index (χ1n) is 9.07. The number of aromatic amines is 1. The van der Waals surface area contributed by atoms with Gasteiger partial charge in [-0.3, -0.25) is 14.5 Å². The van der Waals surface area contributed by atoms with Gasteiger partial charge < -0.3 is 15.4 Å². The van der Waals surface area contributed by atoms with Gasteiger partial charge in [0.15, 0.2) is 5.82 Å². The number of thioether (sulfide) groups is 1. The molecule has 4 heterocycles. The van der Waals surface area contributed by atoms with E-state index in [1.165, 1.54) is 22.7 Å². The standard InChI is InChI=1S/C16H14F3N7O5S/c17-16(18,19)15(30)31-14(29)10-7(5-32-13-9(20)12(28)26(10)13)3-6-1-2-25(11(6)27)4-8-21-23-24-22-8/h3,9,13H,1-2,4-5,20H2,(H,21,22,23,24)/b6-3+/t9-,13-/m1/s1. The predicted molar refractivity (Wildman–Crippen MR) is 97.5 cm³/mol. The van der Waals surface area contributed by atoms with Crippen molar-refractivity contribution >= 4 is 35.5 Å². The van der Waals surface area contributed by atoms with Crippen LogP contribution >= 0.6 is 11.8 Å². The van der Waals surface area contributed by atoms with Gasteiger partial charge >= 0.3 is 18.1 Å². The fourth-order valence-electron chi connectivity index (χ4n) is 3.41. The molecule has 0 radical (unpaired) electrons. The first-order valence-corrected chi connectivity index (χ1v) is 10.1. The fraction of sp³-hybridized carbons (Fsp3) is 0.438. The minimum atomic E-state index is -5.40. The van der Waals surface area contributed by atoms with Crippen LogP contribution in [0.5, 0.6) is 0 Å². The summed E-state index contributed by atoms with van der Waals surface area (Å²) in [7, 11) is 0. The van der Waals surface area contributed by atoms with E-state index in [9.17, 15) is 32.3 Å². The molecule has 2 atom stereocenters. The van der Waals surface area contributed by atoms with Crippen molar-refractivity contribution in [2.75, 3.05) is 12.3 Å². The number of nitrogens with two attached hydrogens (primary N) is 1. The van der Waals surface area contributed by atoms with E-state index in [1.807, 2.05) is 0 Å². The van der Waals surface area contributed by atoms with Crippen LogP contribution in [0.3, 0.4) is 0 Å². The molecule has 2 fully saturated rings. The Morgan fingerprint density at radius 3 is 2.75 bits per heavy atom. The van der Waals surface area contributed by atoms with E-state index in [2.05, 4.69) is 25.4 Å². The maximum Gasteiger partial charge on any atom is 0.491 e. The van der Waals surface area contributed by atoms with E-state index in [0.29, 0.717) is 6.54 Å². The Balaban J connectivity index is 1.63. The molecule has 0 bridgehead atoms. The van der Waals surface area contributed by atoms with E-state index >= 15 is 0 Å². The lowest BCUT2D eigenvalue weighted by atomic mass is 10.0. The number of carbonyl (C=O) groups excluding carboxylic acids is 4. The summed E-state index contributed by atoms with van der Waals surface area (Å²) in [5.74, 6) is -5.11. The SMILES string of the molecule is N[C@@H]1C(=O)N2C(C(=O)OC(=O)C(F)(F)F)=C(/C=C3\CCN(Cc4nn[nH]n4)C3=O)CS[C@H]12. The number of esters is 2. The molecule has 0 saturated carbocycles. The van der Waals surface area contributed by atoms with Crippen LogP contribution in [0.25, 0.3) is 0 Å². The zero-order chi connectivity index (χ0) is 23.2. The molecule has 4 rings (SSSR count). The van der Waals surface area contributed by atoms with Crippen molar-refractivity contribution < 1.29 is 37.1 Å². The Kier molecular flexibility index (Phi) is 5.49. The molecular formula is C16H14F3N7O5S. The molecule has 1 aromatic rings. The second-order valence-electron chi connectivity index (χ2n) is 6.96. The number of allylic oxidation sites excluding steroid dienone is 1. The highest BCUT2D eigenvalue weighted by atomic mass is 32.2. The molecule has 1 aromatic heterocycles. The second-order valence-corrected chi connectivity index (χ2v) is 8.06. The third-order valence-electron chi connectivity index (χ3n) is 4.93. The van der Waals surface area contributed by atoms with Gasteiger partial charge in [-0.15, -0.1) is 22.0 Å². The molecule has 170 valence electrons. The number of halogens is 3. The summed E-state index contributed by atoms with van der Waals surface area (Å²) in [4.78, 5) is 50.8.